The molecule has 0 amide bonds. The van der Waals surface area contributed by atoms with E-state index in [0.29, 0.717) is 0 Å². The Kier molecular flexibility index (Phi) is 2.46. The van der Waals surface area contributed by atoms with Crippen LogP contribution in [0.4, 0.5) is 11.4 Å². The van der Waals surface area contributed by atoms with Crippen LogP contribution in [0.3, 0.4) is 0 Å². The van der Waals surface area contributed by atoms with Gasteiger partial charge in [0, 0.05) is 6.20 Å². The van der Waals surface area contributed by atoms with Crippen molar-refractivity contribution < 1.29 is 19.3 Å². The van der Waals surface area contributed by atoms with Gasteiger partial charge in [0.15, 0.2) is 11.5 Å². The number of non-ortho nitro benzene ring substituents is 1. The first-order valence-corrected chi connectivity index (χ1v) is 5.34. The third kappa shape index (κ3) is 1.77. The summed E-state index contributed by atoms with van der Waals surface area (Å²) in [5.74, 6) is 0.00458. The lowest BCUT2D eigenvalue weighted by Crippen LogP contribution is -2.04. The fourth-order valence-electron chi connectivity index (χ4n) is 1.74. The second-order valence-corrected chi connectivity index (χ2v) is 3.82. The van der Waals surface area contributed by atoms with Crippen LogP contribution in [0.25, 0.3) is 0 Å². The summed E-state index contributed by atoms with van der Waals surface area (Å²) >= 11 is 0. The van der Waals surface area contributed by atoms with Crippen LogP contribution in [0.1, 0.15) is 0 Å². The van der Waals surface area contributed by atoms with Crippen molar-refractivity contribution in [1.82, 2.24) is 4.98 Å². The van der Waals surface area contributed by atoms with Gasteiger partial charge in [-0.2, -0.15) is 0 Å². The second kappa shape index (κ2) is 4.16. The van der Waals surface area contributed by atoms with Crippen molar-refractivity contribution in [3.05, 3.63) is 50.7 Å². The number of pyridine rings is 1. The molecule has 0 bridgehead atoms. The van der Waals surface area contributed by atoms with Crippen molar-refractivity contribution in [3.8, 4) is 23.1 Å². The second-order valence-electron chi connectivity index (χ2n) is 3.82. The van der Waals surface area contributed by atoms with Crippen LogP contribution in [0, 0.1) is 20.2 Å². The Morgan fingerprint density at radius 1 is 1.05 bits per heavy atom. The molecule has 0 radical (unpaired) electrons. The molecule has 0 saturated carbocycles. The maximum atomic E-state index is 11.0. The van der Waals surface area contributed by atoms with E-state index in [1.165, 1.54) is 12.3 Å². The van der Waals surface area contributed by atoms with Gasteiger partial charge in [-0.15, -0.1) is 0 Å². The summed E-state index contributed by atoms with van der Waals surface area (Å²) in [6.07, 6.45) is 1.44. The molecule has 1 aromatic carbocycles. The van der Waals surface area contributed by atoms with Gasteiger partial charge >= 0.3 is 5.69 Å². The van der Waals surface area contributed by atoms with Crippen molar-refractivity contribution in [1.29, 1.82) is 0 Å². The maximum absolute atomic E-state index is 11.0. The van der Waals surface area contributed by atoms with E-state index in [-0.39, 0.29) is 23.1 Å². The summed E-state index contributed by atoms with van der Waals surface area (Å²) in [6.45, 7) is 0. The molecule has 0 spiro atoms. The number of rotatable bonds is 2. The Balaban J connectivity index is 2.19. The molecule has 0 aliphatic carbocycles. The first-order chi connectivity index (χ1) is 9.56. The highest BCUT2D eigenvalue weighted by Gasteiger charge is 2.31. The van der Waals surface area contributed by atoms with E-state index in [1.54, 1.807) is 6.07 Å². The Bertz CT molecular complexity index is 745. The van der Waals surface area contributed by atoms with Crippen LogP contribution in [0.15, 0.2) is 30.5 Å². The molecule has 9 nitrogen and oxygen atoms in total. The highest BCUT2D eigenvalue weighted by atomic mass is 16.6. The van der Waals surface area contributed by atoms with Gasteiger partial charge in [0.25, 0.3) is 11.6 Å². The monoisotopic (exact) mass is 275 g/mol. The molecule has 1 aliphatic heterocycles. The van der Waals surface area contributed by atoms with E-state index in [0.717, 1.165) is 12.1 Å². The SMILES string of the molecule is O=[N+]([O-])c1cc2c(c([N+](=O)[O-])c1)Oc1cccnc1O2. The largest absolute Gasteiger partial charge is 0.441 e. The number of hydrogen-bond acceptors (Lipinski definition) is 7. The molecule has 0 fully saturated rings. The minimum Gasteiger partial charge on any atom is -0.441 e. The smallest absolute Gasteiger partial charge is 0.322 e. The molecular weight excluding hydrogens is 270 g/mol. The summed E-state index contributed by atoms with van der Waals surface area (Å²) in [7, 11) is 0. The van der Waals surface area contributed by atoms with E-state index >= 15 is 0 Å². The summed E-state index contributed by atoms with van der Waals surface area (Å²) in [4.78, 5) is 24.1. The fraction of sp³-hybridized carbons (Fsp3) is 0. The van der Waals surface area contributed by atoms with Crippen LogP contribution in [0.5, 0.6) is 23.1 Å². The Labute approximate surface area is 110 Å². The van der Waals surface area contributed by atoms with E-state index in [9.17, 15) is 20.2 Å². The third-order valence-electron chi connectivity index (χ3n) is 2.58. The molecule has 2 heterocycles. The number of nitro groups is 2. The highest BCUT2D eigenvalue weighted by molar-refractivity contribution is 5.66. The molecule has 100 valence electrons. The van der Waals surface area contributed by atoms with Crippen molar-refractivity contribution in [2.24, 2.45) is 0 Å². The molecule has 1 aliphatic rings. The van der Waals surface area contributed by atoms with Crippen molar-refractivity contribution >= 4 is 11.4 Å². The first-order valence-electron chi connectivity index (χ1n) is 5.34. The maximum Gasteiger partial charge on any atom is 0.322 e. The predicted molar refractivity (Wildman–Crippen MR) is 64.1 cm³/mol. The lowest BCUT2D eigenvalue weighted by molar-refractivity contribution is -0.394. The summed E-state index contributed by atoms with van der Waals surface area (Å²) < 4.78 is 10.7. The van der Waals surface area contributed by atoms with E-state index in [4.69, 9.17) is 9.47 Å². The van der Waals surface area contributed by atoms with Crippen LogP contribution >= 0.6 is 0 Å². The minimum atomic E-state index is -0.767. The fourth-order valence-corrected chi connectivity index (χ4v) is 1.74. The third-order valence-corrected chi connectivity index (χ3v) is 2.58. The van der Waals surface area contributed by atoms with E-state index < -0.39 is 21.2 Å². The average molecular weight is 275 g/mol. The number of nitro benzene ring substituents is 2. The van der Waals surface area contributed by atoms with Gasteiger partial charge in [-0.1, -0.05) is 0 Å². The Morgan fingerprint density at radius 2 is 1.85 bits per heavy atom. The number of ether oxygens (including phenoxy) is 2. The molecular formula is C11H5N3O6. The van der Waals surface area contributed by atoms with Crippen LogP contribution in [-0.4, -0.2) is 14.8 Å². The highest BCUT2D eigenvalue weighted by Crippen LogP contribution is 2.50. The van der Waals surface area contributed by atoms with Crippen molar-refractivity contribution in [3.63, 3.8) is 0 Å². The van der Waals surface area contributed by atoms with Gasteiger partial charge in [-0.3, -0.25) is 20.2 Å². The molecule has 0 unspecified atom stereocenters. The molecule has 9 heteroatoms. The van der Waals surface area contributed by atoms with Crippen molar-refractivity contribution in [2.75, 3.05) is 0 Å². The quantitative estimate of drug-likeness (QED) is 0.521. The lowest BCUT2D eigenvalue weighted by atomic mass is 10.2. The number of hydrogen-bond donors (Lipinski definition) is 0. The van der Waals surface area contributed by atoms with Gasteiger partial charge < -0.3 is 9.47 Å². The van der Waals surface area contributed by atoms with Gasteiger partial charge in [0.05, 0.1) is 22.0 Å². The molecule has 0 saturated heterocycles. The van der Waals surface area contributed by atoms with Crippen LogP contribution < -0.4 is 9.47 Å². The topological polar surface area (TPSA) is 118 Å². The minimum absolute atomic E-state index is 0.0924. The standard InChI is InChI=1S/C11H5N3O6/c15-13(16)6-4-7(14(17)18)10-9(5-6)20-11-8(19-10)2-1-3-12-11/h1-5H. The number of benzene rings is 1. The van der Waals surface area contributed by atoms with E-state index in [1.807, 2.05) is 0 Å². The Morgan fingerprint density at radius 3 is 2.55 bits per heavy atom. The van der Waals surface area contributed by atoms with Gasteiger partial charge in [-0.05, 0) is 12.1 Å². The van der Waals surface area contributed by atoms with Crippen LogP contribution in [-0.2, 0) is 0 Å². The van der Waals surface area contributed by atoms with Crippen LogP contribution in [0.2, 0.25) is 0 Å². The zero-order chi connectivity index (χ0) is 14.3. The molecule has 2 aromatic rings. The Hall–Kier alpha value is -3.23. The van der Waals surface area contributed by atoms with E-state index in [2.05, 4.69) is 4.98 Å². The average Bonchev–Trinajstić information content (AvgIpc) is 2.43. The molecule has 1 aromatic heterocycles. The first kappa shape index (κ1) is 11.8. The van der Waals surface area contributed by atoms with Gasteiger partial charge in [-0.25, -0.2) is 4.98 Å². The zero-order valence-electron chi connectivity index (χ0n) is 9.68. The zero-order valence-corrected chi connectivity index (χ0v) is 9.68. The normalized spacial score (nSPS) is 11.6. The van der Waals surface area contributed by atoms with Crippen molar-refractivity contribution in [2.45, 2.75) is 0 Å². The summed E-state index contributed by atoms with van der Waals surface area (Å²) in [5, 5.41) is 21.8. The van der Waals surface area contributed by atoms with Gasteiger partial charge in [0.2, 0.25) is 5.75 Å². The molecule has 0 N–H and O–H groups in total. The number of aromatic nitrogens is 1. The molecule has 3 rings (SSSR count). The predicted octanol–water partition coefficient (Wildman–Crippen LogP) is 2.80. The summed E-state index contributed by atoms with van der Waals surface area (Å²) in [5.41, 5.74) is -0.998. The molecule has 20 heavy (non-hydrogen) atoms. The number of nitrogens with zero attached hydrogens (tertiary/aromatic N) is 3. The molecule has 0 atom stereocenters. The number of fused-ring (bicyclic) bond motifs is 2. The summed E-state index contributed by atoms with van der Waals surface area (Å²) in [6, 6.07) is 4.98. The lowest BCUT2D eigenvalue weighted by Gasteiger charge is -2.18. The van der Waals surface area contributed by atoms with Gasteiger partial charge in [0.1, 0.15) is 0 Å².